The monoisotopic (exact) mass is 284 g/mol. The number of rotatable bonds is 3. The van der Waals surface area contributed by atoms with Crippen molar-refractivity contribution in [1.29, 1.82) is 0 Å². The van der Waals surface area contributed by atoms with Crippen LogP contribution in [0.2, 0.25) is 10.2 Å². The second kappa shape index (κ2) is 5.50. The number of hydrogen-bond acceptors (Lipinski definition) is 4. The summed E-state index contributed by atoms with van der Waals surface area (Å²) in [5, 5.41) is 0.763. The number of carbonyl (C=O) groups is 1. The first-order valence-corrected chi connectivity index (χ1v) is 6.13. The molecule has 0 unspecified atom stereocenters. The van der Waals surface area contributed by atoms with E-state index in [1.54, 1.807) is 25.1 Å². The number of benzene rings is 1. The Morgan fingerprint density at radius 3 is 2.78 bits per heavy atom. The molecule has 94 valence electrons. The Balaban J connectivity index is 2.38. The molecule has 0 fully saturated rings. The standard InChI is InChI=1S/C12H10Cl2N2O2/c1-2-18-11(17)6-10-12(14)16-8-4-3-7(13)5-9(8)15-10/h3-5H,2,6H2,1H3. The van der Waals surface area contributed by atoms with Gasteiger partial charge in [0.1, 0.15) is 0 Å². The molecular weight excluding hydrogens is 275 g/mol. The third-order valence-corrected chi connectivity index (χ3v) is 2.80. The lowest BCUT2D eigenvalue weighted by atomic mass is 10.2. The molecule has 4 nitrogen and oxygen atoms in total. The highest BCUT2D eigenvalue weighted by atomic mass is 35.5. The number of halogens is 2. The van der Waals surface area contributed by atoms with Gasteiger partial charge in [0.25, 0.3) is 0 Å². The summed E-state index contributed by atoms with van der Waals surface area (Å²) >= 11 is 11.8. The van der Waals surface area contributed by atoms with Crippen molar-refractivity contribution in [1.82, 2.24) is 9.97 Å². The fourth-order valence-corrected chi connectivity index (χ4v) is 1.87. The van der Waals surface area contributed by atoms with Crippen LogP contribution in [-0.2, 0) is 16.0 Å². The van der Waals surface area contributed by atoms with E-state index >= 15 is 0 Å². The number of nitrogens with zero attached hydrogens (tertiary/aromatic N) is 2. The number of esters is 1. The van der Waals surface area contributed by atoms with Gasteiger partial charge in [0.15, 0.2) is 5.15 Å². The van der Waals surface area contributed by atoms with E-state index in [2.05, 4.69) is 9.97 Å². The molecule has 0 saturated heterocycles. The van der Waals surface area contributed by atoms with Crippen molar-refractivity contribution in [2.24, 2.45) is 0 Å². The molecule has 0 atom stereocenters. The van der Waals surface area contributed by atoms with Crippen molar-refractivity contribution in [2.45, 2.75) is 13.3 Å². The summed E-state index contributed by atoms with van der Waals surface area (Å²) in [6.07, 6.45) is 0.00211. The predicted molar refractivity (Wildman–Crippen MR) is 69.9 cm³/mol. The maximum absolute atomic E-state index is 11.4. The first-order valence-electron chi connectivity index (χ1n) is 5.37. The van der Waals surface area contributed by atoms with E-state index in [0.29, 0.717) is 28.4 Å². The molecule has 0 spiro atoms. The van der Waals surface area contributed by atoms with Crippen LogP contribution < -0.4 is 0 Å². The Hall–Kier alpha value is -1.39. The van der Waals surface area contributed by atoms with E-state index < -0.39 is 0 Å². The topological polar surface area (TPSA) is 52.1 Å². The average Bonchev–Trinajstić information content (AvgIpc) is 2.31. The van der Waals surface area contributed by atoms with E-state index in [1.807, 2.05) is 0 Å². The van der Waals surface area contributed by atoms with Crippen LogP contribution in [0, 0.1) is 0 Å². The fraction of sp³-hybridized carbons (Fsp3) is 0.250. The van der Waals surface area contributed by atoms with Crippen molar-refractivity contribution in [2.75, 3.05) is 6.61 Å². The van der Waals surface area contributed by atoms with Gasteiger partial charge >= 0.3 is 5.97 Å². The third-order valence-electron chi connectivity index (χ3n) is 2.27. The number of fused-ring (bicyclic) bond motifs is 1. The molecule has 0 aliphatic heterocycles. The molecule has 1 aromatic heterocycles. The van der Waals surface area contributed by atoms with Gasteiger partial charge in [-0.3, -0.25) is 4.79 Å². The third kappa shape index (κ3) is 2.89. The summed E-state index contributed by atoms with van der Waals surface area (Å²) in [5.41, 5.74) is 1.63. The smallest absolute Gasteiger partial charge is 0.311 e. The minimum absolute atomic E-state index is 0.00211. The lowest BCUT2D eigenvalue weighted by Crippen LogP contribution is -2.10. The van der Waals surface area contributed by atoms with E-state index in [1.165, 1.54) is 0 Å². The van der Waals surface area contributed by atoms with Gasteiger partial charge in [0.2, 0.25) is 0 Å². The van der Waals surface area contributed by atoms with E-state index in [9.17, 15) is 4.79 Å². The van der Waals surface area contributed by atoms with Gasteiger partial charge in [0.05, 0.1) is 29.8 Å². The SMILES string of the molecule is CCOC(=O)Cc1nc2cc(Cl)ccc2nc1Cl. The first-order chi connectivity index (χ1) is 8.60. The lowest BCUT2D eigenvalue weighted by Gasteiger charge is -2.05. The Kier molecular flexibility index (Phi) is 3.99. The molecule has 0 amide bonds. The molecular formula is C12H10Cl2N2O2. The number of carbonyl (C=O) groups excluding carboxylic acids is 1. The van der Waals surface area contributed by atoms with Crippen LogP contribution in [0.5, 0.6) is 0 Å². The fourth-order valence-electron chi connectivity index (χ4n) is 1.50. The van der Waals surface area contributed by atoms with Gasteiger partial charge in [-0.05, 0) is 25.1 Å². The van der Waals surface area contributed by atoms with Crippen LogP contribution in [-0.4, -0.2) is 22.5 Å². The lowest BCUT2D eigenvalue weighted by molar-refractivity contribution is -0.142. The Morgan fingerprint density at radius 2 is 2.06 bits per heavy atom. The molecule has 0 saturated carbocycles. The van der Waals surface area contributed by atoms with Gasteiger partial charge < -0.3 is 4.74 Å². The van der Waals surface area contributed by atoms with Crippen LogP contribution in [0.25, 0.3) is 11.0 Å². The molecule has 0 N–H and O–H groups in total. The number of hydrogen-bond donors (Lipinski definition) is 0. The van der Waals surface area contributed by atoms with Crippen LogP contribution in [0.1, 0.15) is 12.6 Å². The molecule has 6 heteroatoms. The Morgan fingerprint density at radius 1 is 1.28 bits per heavy atom. The molecule has 1 heterocycles. The first kappa shape index (κ1) is 13.1. The van der Waals surface area contributed by atoms with Crippen LogP contribution in [0.4, 0.5) is 0 Å². The van der Waals surface area contributed by atoms with Crippen LogP contribution in [0.15, 0.2) is 18.2 Å². The maximum Gasteiger partial charge on any atom is 0.311 e. The summed E-state index contributed by atoms with van der Waals surface area (Å²) in [6.45, 7) is 2.06. The summed E-state index contributed by atoms with van der Waals surface area (Å²) in [4.78, 5) is 19.8. The van der Waals surface area contributed by atoms with Crippen molar-refractivity contribution >= 4 is 40.2 Å². The van der Waals surface area contributed by atoms with Gasteiger partial charge in [-0.15, -0.1) is 0 Å². The zero-order chi connectivity index (χ0) is 13.1. The molecule has 0 radical (unpaired) electrons. The minimum atomic E-state index is -0.380. The summed E-state index contributed by atoms with van der Waals surface area (Å²) < 4.78 is 4.85. The van der Waals surface area contributed by atoms with E-state index in [4.69, 9.17) is 27.9 Å². The van der Waals surface area contributed by atoms with Crippen molar-refractivity contribution < 1.29 is 9.53 Å². The predicted octanol–water partition coefficient (Wildman–Crippen LogP) is 3.04. The maximum atomic E-state index is 11.4. The largest absolute Gasteiger partial charge is 0.466 e. The van der Waals surface area contributed by atoms with Gasteiger partial charge in [-0.25, -0.2) is 9.97 Å². The highest BCUT2D eigenvalue weighted by Crippen LogP contribution is 2.20. The highest BCUT2D eigenvalue weighted by Gasteiger charge is 2.12. The average molecular weight is 285 g/mol. The quantitative estimate of drug-likeness (QED) is 0.813. The highest BCUT2D eigenvalue weighted by molar-refractivity contribution is 6.31. The van der Waals surface area contributed by atoms with Crippen molar-refractivity contribution in [3.05, 3.63) is 34.1 Å². The zero-order valence-corrected chi connectivity index (χ0v) is 11.1. The molecule has 0 bridgehead atoms. The molecule has 2 aromatic rings. The van der Waals surface area contributed by atoms with E-state index in [-0.39, 0.29) is 17.5 Å². The number of ether oxygens (including phenoxy) is 1. The summed E-state index contributed by atoms with van der Waals surface area (Å²) in [7, 11) is 0. The Bertz CT molecular complexity index is 602. The second-order valence-electron chi connectivity index (χ2n) is 3.58. The summed E-state index contributed by atoms with van der Waals surface area (Å²) in [6, 6.07) is 5.11. The number of aromatic nitrogens is 2. The molecule has 18 heavy (non-hydrogen) atoms. The Labute approximate surface area is 114 Å². The second-order valence-corrected chi connectivity index (χ2v) is 4.37. The van der Waals surface area contributed by atoms with Gasteiger partial charge in [-0.1, -0.05) is 23.2 Å². The molecule has 0 aliphatic rings. The van der Waals surface area contributed by atoms with E-state index in [0.717, 1.165) is 0 Å². The minimum Gasteiger partial charge on any atom is -0.466 e. The molecule has 0 aliphatic carbocycles. The van der Waals surface area contributed by atoms with Crippen LogP contribution in [0.3, 0.4) is 0 Å². The molecule has 1 aromatic carbocycles. The normalized spacial score (nSPS) is 10.6. The summed E-state index contributed by atoms with van der Waals surface area (Å²) in [5.74, 6) is -0.380. The molecule has 2 rings (SSSR count). The van der Waals surface area contributed by atoms with Crippen molar-refractivity contribution in [3.8, 4) is 0 Å². The zero-order valence-electron chi connectivity index (χ0n) is 9.61. The van der Waals surface area contributed by atoms with Crippen LogP contribution >= 0.6 is 23.2 Å². The van der Waals surface area contributed by atoms with Crippen molar-refractivity contribution in [3.63, 3.8) is 0 Å². The van der Waals surface area contributed by atoms with Gasteiger partial charge in [0, 0.05) is 5.02 Å². The van der Waals surface area contributed by atoms with Gasteiger partial charge in [-0.2, -0.15) is 0 Å².